The zero-order chi connectivity index (χ0) is 13.7. The summed E-state index contributed by atoms with van der Waals surface area (Å²) in [7, 11) is 0. The second-order valence-electron chi connectivity index (χ2n) is 6.18. The van der Waals surface area contributed by atoms with Crippen molar-refractivity contribution < 1.29 is 18.3 Å². The maximum absolute atomic E-state index is 13.9. The topological polar surface area (TPSA) is 55.6 Å². The van der Waals surface area contributed by atoms with Crippen LogP contribution in [-0.4, -0.2) is 40.6 Å². The predicted octanol–water partition coefficient (Wildman–Crippen LogP) is 2.12. The predicted molar refractivity (Wildman–Crippen MR) is 62.4 cm³/mol. The van der Waals surface area contributed by atoms with Crippen molar-refractivity contribution >= 4 is 6.09 Å². The number of nitrogens with two attached hydrogens (primary N) is 1. The number of alkyl halides is 2. The molecule has 2 heterocycles. The van der Waals surface area contributed by atoms with Gasteiger partial charge in [0.15, 0.2) is 0 Å². The van der Waals surface area contributed by atoms with E-state index in [1.165, 1.54) is 4.90 Å². The van der Waals surface area contributed by atoms with E-state index in [4.69, 9.17) is 10.5 Å². The Balaban J connectivity index is 2.20. The molecule has 18 heavy (non-hydrogen) atoms. The minimum absolute atomic E-state index is 0.296. The first-order chi connectivity index (χ1) is 8.12. The smallest absolute Gasteiger partial charge is 0.411 e. The summed E-state index contributed by atoms with van der Waals surface area (Å²) in [6, 6.07) is -2.05. The first kappa shape index (κ1) is 13.5. The third-order valence-electron chi connectivity index (χ3n) is 3.52. The molecular weight excluding hydrogens is 242 g/mol. The molecule has 1 amide bonds. The van der Waals surface area contributed by atoms with E-state index in [2.05, 4.69) is 0 Å². The van der Waals surface area contributed by atoms with E-state index in [9.17, 15) is 13.6 Å². The maximum atomic E-state index is 13.9. The van der Waals surface area contributed by atoms with Gasteiger partial charge >= 0.3 is 6.09 Å². The van der Waals surface area contributed by atoms with Gasteiger partial charge in [-0.3, -0.25) is 4.90 Å². The summed E-state index contributed by atoms with van der Waals surface area (Å²) in [4.78, 5) is 13.2. The van der Waals surface area contributed by atoms with Gasteiger partial charge in [-0.15, -0.1) is 0 Å². The molecule has 0 saturated carbocycles. The number of nitrogens with zero attached hydrogens (tertiary/aromatic N) is 1. The molecular formula is C12H20F2N2O2. The lowest BCUT2D eigenvalue weighted by Gasteiger charge is -2.43. The first-order valence-corrected chi connectivity index (χ1v) is 6.26. The van der Waals surface area contributed by atoms with Crippen LogP contribution in [-0.2, 0) is 4.74 Å². The van der Waals surface area contributed by atoms with Gasteiger partial charge in [-0.1, -0.05) is 0 Å². The number of ether oxygens (including phenoxy) is 1. The summed E-state index contributed by atoms with van der Waals surface area (Å²) < 4.78 is 32.9. The quantitative estimate of drug-likeness (QED) is 0.727. The normalized spacial score (nSPS) is 34.6. The molecule has 3 unspecified atom stereocenters. The van der Waals surface area contributed by atoms with Gasteiger partial charge in [0.25, 0.3) is 5.92 Å². The van der Waals surface area contributed by atoms with Crippen molar-refractivity contribution in [2.24, 2.45) is 5.73 Å². The Hall–Kier alpha value is -0.910. The molecule has 0 radical (unpaired) electrons. The molecule has 2 N–H and O–H groups in total. The number of carbonyl (C=O) groups excluding carboxylic acids is 1. The van der Waals surface area contributed by atoms with Crippen molar-refractivity contribution in [1.29, 1.82) is 0 Å². The molecule has 2 bridgehead atoms. The van der Waals surface area contributed by atoms with Gasteiger partial charge in [-0.05, 0) is 33.6 Å². The summed E-state index contributed by atoms with van der Waals surface area (Å²) in [6.07, 6.45) is -0.197. The largest absolute Gasteiger partial charge is 0.444 e. The molecule has 0 aromatic carbocycles. The number of piperidine rings is 1. The van der Waals surface area contributed by atoms with Crippen LogP contribution in [0.3, 0.4) is 0 Å². The Morgan fingerprint density at radius 3 is 2.56 bits per heavy atom. The fourth-order valence-electron chi connectivity index (χ4n) is 2.84. The molecule has 2 saturated heterocycles. The van der Waals surface area contributed by atoms with Crippen LogP contribution >= 0.6 is 0 Å². The molecule has 2 rings (SSSR count). The van der Waals surface area contributed by atoms with Crippen molar-refractivity contribution in [3.8, 4) is 0 Å². The third kappa shape index (κ3) is 2.30. The van der Waals surface area contributed by atoms with Crippen molar-refractivity contribution in [2.45, 2.75) is 69.7 Å². The number of halogens is 2. The van der Waals surface area contributed by atoms with E-state index in [1.54, 1.807) is 20.8 Å². The van der Waals surface area contributed by atoms with Crippen LogP contribution in [0.2, 0.25) is 0 Å². The summed E-state index contributed by atoms with van der Waals surface area (Å²) in [5, 5.41) is 0. The molecule has 0 spiro atoms. The van der Waals surface area contributed by atoms with E-state index < -0.39 is 29.7 Å². The van der Waals surface area contributed by atoms with Crippen LogP contribution < -0.4 is 5.73 Å². The number of hydrogen-bond acceptors (Lipinski definition) is 3. The lowest BCUT2D eigenvalue weighted by molar-refractivity contribution is -0.113. The van der Waals surface area contributed by atoms with E-state index in [0.717, 1.165) is 0 Å². The van der Waals surface area contributed by atoms with Crippen molar-refractivity contribution in [1.82, 2.24) is 4.90 Å². The standard InChI is InChI=1S/C12H20F2N2O2/c1-11(2,3)18-10(17)16-8-4-5-9(16)12(13,14)6-7(8)15/h7-9H,4-6,15H2,1-3H3. The van der Waals surface area contributed by atoms with Crippen molar-refractivity contribution in [3.63, 3.8) is 0 Å². The number of fused-ring (bicyclic) bond motifs is 2. The zero-order valence-corrected chi connectivity index (χ0v) is 11.0. The van der Waals surface area contributed by atoms with Gasteiger partial charge in [0.1, 0.15) is 5.60 Å². The fourth-order valence-corrected chi connectivity index (χ4v) is 2.84. The van der Waals surface area contributed by atoms with Crippen LogP contribution in [0, 0.1) is 0 Å². The molecule has 2 fully saturated rings. The monoisotopic (exact) mass is 262 g/mol. The number of hydrogen-bond donors (Lipinski definition) is 1. The zero-order valence-electron chi connectivity index (χ0n) is 11.0. The lowest BCUT2D eigenvalue weighted by Crippen LogP contribution is -2.62. The molecule has 104 valence electrons. The van der Waals surface area contributed by atoms with Gasteiger partial charge in [0, 0.05) is 12.5 Å². The lowest BCUT2D eigenvalue weighted by atomic mass is 9.95. The van der Waals surface area contributed by atoms with E-state index in [1.807, 2.05) is 0 Å². The second-order valence-corrected chi connectivity index (χ2v) is 6.18. The van der Waals surface area contributed by atoms with Gasteiger partial charge in [-0.25, -0.2) is 13.6 Å². The average molecular weight is 262 g/mol. The summed E-state index contributed by atoms with van der Waals surface area (Å²) in [5.41, 5.74) is 5.07. The molecule has 0 aromatic heterocycles. The number of carbonyl (C=O) groups is 1. The molecule has 0 aromatic rings. The molecule has 6 heteroatoms. The Bertz CT molecular complexity index is 354. The van der Waals surface area contributed by atoms with Crippen LogP contribution in [0.4, 0.5) is 13.6 Å². The second kappa shape index (κ2) is 4.05. The van der Waals surface area contributed by atoms with Crippen LogP contribution in [0.25, 0.3) is 0 Å². The van der Waals surface area contributed by atoms with Gasteiger partial charge in [-0.2, -0.15) is 0 Å². The Labute approximate surface area is 105 Å². The van der Waals surface area contributed by atoms with Crippen molar-refractivity contribution in [3.05, 3.63) is 0 Å². The highest BCUT2D eigenvalue weighted by atomic mass is 19.3. The first-order valence-electron chi connectivity index (χ1n) is 6.26. The van der Waals surface area contributed by atoms with Crippen LogP contribution in [0.15, 0.2) is 0 Å². The molecule has 3 atom stereocenters. The fraction of sp³-hybridized carbons (Fsp3) is 0.917. The summed E-state index contributed by atoms with van der Waals surface area (Å²) in [6.45, 7) is 5.15. The average Bonchev–Trinajstić information content (AvgIpc) is 2.53. The summed E-state index contributed by atoms with van der Waals surface area (Å²) in [5.74, 6) is -2.91. The third-order valence-corrected chi connectivity index (χ3v) is 3.52. The highest BCUT2D eigenvalue weighted by molar-refractivity contribution is 5.70. The highest BCUT2D eigenvalue weighted by Crippen LogP contribution is 2.44. The van der Waals surface area contributed by atoms with Gasteiger partial charge < -0.3 is 10.5 Å². The summed E-state index contributed by atoms with van der Waals surface area (Å²) >= 11 is 0. The van der Waals surface area contributed by atoms with E-state index in [-0.39, 0.29) is 12.5 Å². The van der Waals surface area contributed by atoms with Gasteiger partial charge in [0.05, 0.1) is 12.1 Å². The van der Waals surface area contributed by atoms with Crippen LogP contribution in [0.5, 0.6) is 0 Å². The van der Waals surface area contributed by atoms with E-state index >= 15 is 0 Å². The maximum Gasteiger partial charge on any atom is 0.411 e. The Morgan fingerprint density at radius 2 is 2.00 bits per heavy atom. The molecule has 2 aliphatic rings. The molecule has 4 nitrogen and oxygen atoms in total. The van der Waals surface area contributed by atoms with Gasteiger partial charge in [0.2, 0.25) is 0 Å². The highest BCUT2D eigenvalue weighted by Gasteiger charge is 2.58. The minimum atomic E-state index is -2.91. The van der Waals surface area contributed by atoms with Crippen molar-refractivity contribution in [2.75, 3.05) is 0 Å². The molecule has 0 aliphatic carbocycles. The SMILES string of the molecule is CC(C)(C)OC(=O)N1C2CCC1C(F)(F)CC2N. The molecule has 2 aliphatic heterocycles. The number of amides is 1. The van der Waals surface area contributed by atoms with Crippen LogP contribution in [0.1, 0.15) is 40.0 Å². The minimum Gasteiger partial charge on any atom is -0.444 e. The Kier molecular flexibility index (Phi) is 3.04. The van der Waals surface area contributed by atoms with E-state index in [0.29, 0.717) is 12.8 Å². The number of rotatable bonds is 0. The Morgan fingerprint density at radius 1 is 1.39 bits per heavy atom.